The zero-order valence-corrected chi connectivity index (χ0v) is 15.5. The summed E-state index contributed by atoms with van der Waals surface area (Å²) in [7, 11) is 0. The number of amides is 1. The molecule has 0 radical (unpaired) electrons. The number of ether oxygens (including phenoxy) is 1. The molecule has 0 aliphatic heterocycles. The van der Waals surface area contributed by atoms with Crippen molar-refractivity contribution in [2.75, 3.05) is 6.54 Å². The molecule has 1 atom stereocenters. The van der Waals surface area contributed by atoms with E-state index in [1.807, 2.05) is 31.2 Å². The molecule has 1 unspecified atom stereocenters. The fourth-order valence-electron chi connectivity index (χ4n) is 2.66. The van der Waals surface area contributed by atoms with E-state index in [4.69, 9.17) is 4.74 Å². The van der Waals surface area contributed by atoms with Gasteiger partial charge < -0.3 is 10.1 Å². The van der Waals surface area contributed by atoms with Crippen molar-refractivity contribution in [3.05, 3.63) is 65.2 Å². The van der Waals surface area contributed by atoms with Gasteiger partial charge in [0.25, 0.3) is 5.91 Å². The lowest BCUT2D eigenvalue weighted by molar-refractivity contribution is -0.128. The highest BCUT2D eigenvalue weighted by Gasteiger charge is 2.17. The predicted molar refractivity (Wildman–Crippen MR) is 103 cm³/mol. The first-order valence-corrected chi connectivity index (χ1v) is 9.21. The van der Waals surface area contributed by atoms with E-state index in [9.17, 15) is 4.79 Å². The van der Waals surface area contributed by atoms with Crippen LogP contribution in [0, 0.1) is 6.92 Å². The SMILES string of the molecule is CCc1ccc(OC(CC)C(=O)NCCCc2ccc(C)cc2)cc1. The lowest BCUT2D eigenvalue weighted by atomic mass is 10.1. The lowest BCUT2D eigenvalue weighted by Crippen LogP contribution is -2.38. The van der Waals surface area contributed by atoms with E-state index < -0.39 is 6.10 Å². The van der Waals surface area contributed by atoms with Gasteiger partial charge in [0.1, 0.15) is 5.75 Å². The number of rotatable bonds is 9. The van der Waals surface area contributed by atoms with Gasteiger partial charge in [0.05, 0.1) is 0 Å². The molecule has 2 aromatic carbocycles. The molecular weight excluding hydrogens is 310 g/mol. The number of hydrogen-bond donors (Lipinski definition) is 1. The molecule has 0 aromatic heterocycles. The van der Waals surface area contributed by atoms with Gasteiger partial charge in [0.2, 0.25) is 0 Å². The normalized spacial score (nSPS) is 11.8. The minimum absolute atomic E-state index is 0.0361. The van der Waals surface area contributed by atoms with Crippen LogP contribution in [0.1, 0.15) is 43.4 Å². The van der Waals surface area contributed by atoms with Crippen molar-refractivity contribution in [2.45, 2.75) is 52.6 Å². The smallest absolute Gasteiger partial charge is 0.261 e. The third-order valence-electron chi connectivity index (χ3n) is 4.34. The Morgan fingerprint density at radius 3 is 2.24 bits per heavy atom. The molecule has 0 aliphatic carbocycles. The summed E-state index contributed by atoms with van der Waals surface area (Å²) in [5.41, 5.74) is 3.84. The average molecular weight is 339 g/mol. The maximum absolute atomic E-state index is 12.3. The van der Waals surface area contributed by atoms with E-state index in [2.05, 4.69) is 43.4 Å². The van der Waals surface area contributed by atoms with Gasteiger partial charge in [0, 0.05) is 6.54 Å². The fraction of sp³-hybridized carbons (Fsp3) is 0.409. The van der Waals surface area contributed by atoms with Crippen molar-refractivity contribution < 1.29 is 9.53 Å². The van der Waals surface area contributed by atoms with Gasteiger partial charge in [-0.25, -0.2) is 0 Å². The summed E-state index contributed by atoms with van der Waals surface area (Å²) >= 11 is 0. The molecule has 2 aromatic rings. The number of hydrogen-bond acceptors (Lipinski definition) is 2. The Kier molecular flexibility index (Phi) is 7.52. The Bertz CT molecular complexity index is 647. The van der Waals surface area contributed by atoms with Crippen molar-refractivity contribution in [1.29, 1.82) is 0 Å². The summed E-state index contributed by atoms with van der Waals surface area (Å²) in [6, 6.07) is 16.5. The average Bonchev–Trinajstić information content (AvgIpc) is 2.65. The second-order valence-corrected chi connectivity index (χ2v) is 6.39. The van der Waals surface area contributed by atoms with Gasteiger partial charge in [-0.1, -0.05) is 55.8 Å². The Hall–Kier alpha value is -2.29. The van der Waals surface area contributed by atoms with Crippen LogP contribution in [0.15, 0.2) is 48.5 Å². The third-order valence-corrected chi connectivity index (χ3v) is 4.34. The standard InChI is InChI=1S/C22H29NO2/c1-4-18-12-14-20(15-13-18)25-21(5-2)22(24)23-16-6-7-19-10-8-17(3)9-11-19/h8-15,21H,4-7,16H2,1-3H3,(H,23,24). The zero-order valence-electron chi connectivity index (χ0n) is 15.5. The van der Waals surface area contributed by atoms with Gasteiger partial charge >= 0.3 is 0 Å². The van der Waals surface area contributed by atoms with Crippen LogP contribution in [-0.4, -0.2) is 18.6 Å². The summed E-state index contributed by atoms with van der Waals surface area (Å²) in [5, 5.41) is 2.99. The van der Waals surface area contributed by atoms with Crippen LogP contribution in [0.25, 0.3) is 0 Å². The Balaban J connectivity index is 1.75. The second kappa shape index (κ2) is 9.87. The van der Waals surface area contributed by atoms with E-state index in [0.29, 0.717) is 13.0 Å². The van der Waals surface area contributed by atoms with Crippen LogP contribution in [0.5, 0.6) is 5.75 Å². The second-order valence-electron chi connectivity index (χ2n) is 6.39. The van der Waals surface area contributed by atoms with Gasteiger partial charge in [-0.2, -0.15) is 0 Å². The van der Waals surface area contributed by atoms with Crippen LogP contribution >= 0.6 is 0 Å². The van der Waals surface area contributed by atoms with Crippen molar-refractivity contribution >= 4 is 5.91 Å². The van der Waals surface area contributed by atoms with E-state index in [-0.39, 0.29) is 5.91 Å². The van der Waals surface area contributed by atoms with E-state index in [1.54, 1.807) is 0 Å². The predicted octanol–water partition coefficient (Wildman–Crippen LogP) is 4.46. The highest BCUT2D eigenvalue weighted by Crippen LogP contribution is 2.15. The van der Waals surface area contributed by atoms with Crippen molar-refractivity contribution in [3.63, 3.8) is 0 Å². The maximum Gasteiger partial charge on any atom is 0.261 e. The van der Waals surface area contributed by atoms with E-state index in [0.717, 1.165) is 25.0 Å². The Morgan fingerprint density at radius 2 is 1.64 bits per heavy atom. The molecule has 1 amide bonds. The summed E-state index contributed by atoms with van der Waals surface area (Å²) in [6.07, 6.45) is 3.11. The highest BCUT2D eigenvalue weighted by molar-refractivity contribution is 5.81. The maximum atomic E-state index is 12.3. The minimum atomic E-state index is -0.438. The summed E-state index contributed by atoms with van der Waals surface area (Å²) < 4.78 is 5.84. The van der Waals surface area contributed by atoms with Crippen LogP contribution in [0.4, 0.5) is 0 Å². The van der Waals surface area contributed by atoms with Crippen molar-refractivity contribution in [2.24, 2.45) is 0 Å². The topological polar surface area (TPSA) is 38.3 Å². The Labute approximate surface area is 151 Å². The summed E-state index contributed by atoms with van der Waals surface area (Å²) in [5.74, 6) is 0.713. The third kappa shape index (κ3) is 6.26. The van der Waals surface area contributed by atoms with Gasteiger partial charge in [-0.3, -0.25) is 4.79 Å². The van der Waals surface area contributed by atoms with Crippen molar-refractivity contribution in [1.82, 2.24) is 5.32 Å². The minimum Gasteiger partial charge on any atom is -0.481 e. The molecule has 0 saturated heterocycles. The van der Waals surface area contributed by atoms with E-state index in [1.165, 1.54) is 16.7 Å². The van der Waals surface area contributed by atoms with Crippen molar-refractivity contribution in [3.8, 4) is 5.75 Å². The van der Waals surface area contributed by atoms with Crippen LogP contribution in [-0.2, 0) is 17.6 Å². The molecule has 134 valence electrons. The summed E-state index contributed by atoms with van der Waals surface area (Å²) in [6.45, 7) is 6.84. The molecule has 25 heavy (non-hydrogen) atoms. The first-order valence-electron chi connectivity index (χ1n) is 9.21. The molecule has 2 rings (SSSR count). The monoisotopic (exact) mass is 339 g/mol. The molecule has 0 saturated carbocycles. The molecule has 0 fully saturated rings. The lowest BCUT2D eigenvalue weighted by Gasteiger charge is -2.17. The van der Waals surface area contributed by atoms with Gasteiger partial charge in [-0.05, 0) is 55.9 Å². The van der Waals surface area contributed by atoms with Crippen LogP contribution in [0.3, 0.4) is 0 Å². The number of aryl methyl sites for hydroxylation is 3. The first kappa shape index (κ1) is 19.0. The fourth-order valence-corrected chi connectivity index (χ4v) is 2.66. The highest BCUT2D eigenvalue weighted by atomic mass is 16.5. The summed E-state index contributed by atoms with van der Waals surface area (Å²) in [4.78, 5) is 12.3. The number of carbonyl (C=O) groups excluding carboxylic acids is 1. The Morgan fingerprint density at radius 1 is 1.00 bits per heavy atom. The molecule has 0 heterocycles. The number of nitrogens with one attached hydrogen (secondary N) is 1. The molecule has 3 nitrogen and oxygen atoms in total. The molecular formula is C22H29NO2. The zero-order chi connectivity index (χ0) is 18.1. The number of benzene rings is 2. The first-order chi connectivity index (χ1) is 12.1. The largest absolute Gasteiger partial charge is 0.481 e. The molecule has 0 aliphatic rings. The molecule has 3 heteroatoms. The quantitative estimate of drug-likeness (QED) is 0.685. The van der Waals surface area contributed by atoms with Gasteiger partial charge in [0.15, 0.2) is 6.10 Å². The molecule has 0 spiro atoms. The van der Waals surface area contributed by atoms with E-state index >= 15 is 0 Å². The molecule has 0 bridgehead atoms. The molecule has 1 N–H and O–H groups in total. The van der Waals surface area contributed by atoms with Crippen LogP contribution in [0.2, 0.25) is 0 Å². The van der Waals surface area contributed by atoms with Gasteiger partial charge in [-0.15, -0.1) is 0 Å². The number of carbonyl (C=O) groups is 1. The van der Waals surface area contributed by atoms with Crippen LogP contribution < -0.4 is 10.1 Å².